The Bertz CT molecular complexity index is 3740. The lowest BCUT2D eigenvalue weighted by Gasteiger charge is -2.32. The van der Waals surface area contributed by atoms with E-state index in [2.05, 4.69) is 50.5 Å². The summed E-state index contributed by atoms with van der Waals surface area (Å²) < 4.78 is 41.5. The third-order valence-electron chi connectivity index (χ3n) is 13.6. The van der Waals surface area contributed by atoms with E-state index < -0.39 is 12.9 Å². The summed E-state index contributed by atoms with van der Waals surface area (Å²) in [7, 11) is 7.46. The molecule has 20 heteroatoms. The molecule has 0 atom stereocenters. The molecule has 0 bridgehead atoms. The molecule has 1 fully saturated rings. The monoisotopic (exact) mass is 1160 g/mol. The average Bonchev–Trinajstić information content (AvgIpc) is 4.25. The maximum absolute atomic E-state index is 15.1. The van der Waals surface area contributed by atoms with Gasteiger partial charge in [-0.25, -0.2) is 18.7 Å². The number of hydrogen-bond acceptors (Lipinski definition) is 12. The highest BCUT2D eigenvalue weighted by Gasteiger charge is 2.51. The Morgan fingerprint density at radius 2 is 1.06 bits per heavy atom. The Morgan fingerprint density at radius 1 is 0.603 bits per heavy atom. The SMILES string of the molecule is CN(C)CCNC(=O)c1ccc(-c2c(F)cnc3[nH]c4cnc(-c5cccnc5)cc4c23)cc1.CN(C)CCNC(=O)c1ccc(B2OC(C)(C)C(C)(C)O2)cc1.Fc1cnc2[nH]c3cnc(-c4cccnc4)cc3c2c1I. The first-order valence-electron chi connectivity index (χ1n) is 25.2. The molecule has 16 nitrogen and oxygen atoms in total. The number of nitrogens with zero attached hydrogens (tertiary/aromatic N) is 8. The van der Waals surface area contributed by atoms with Gasteiger partial charge in [0.05, 0.1) is 62.0 Å². The molecule has 0 saturated carbocycles. The number of benzene rings is 2. The largest absolute Gasteiger partial charge is 0.494 e. The maximum Gasteiger partial charge on any atom is 0.494 e. The van der Waals surface area contributed by atoms with E-state index in [4.69, 9.17) is 9.31 Å². The fraction of sp³-hybridized carbons (Fsp3) is 0.241. The number of carbonyl (C=O) groups is 2. The minimum atomic E-state index is -0.434. The number of aromatic amines is 2. The molecule has 78 heavy (non-hydrogen) atoms. The van der Waals surface area contributed by atoms with Crippen molar-refractivity contribution in [2.45, 2.75) is 38.9 Å². The summed E-state index contributed by atoms with van der Waals surface area (Å²) in [5.41, 5.74) is 8.64. The number of rotatable bonds is 12. The number of pyridine rings is 6. The number of hydrogen-bond donors (Lipinski definition) is 4. The van der Waals surface area contributed by atoms with Gasteiger partial charge in [0.2, 0.25) is 0 Å². The van der Waals surface area contributed by atoms with Crippen LogP contribution in [0, 0.1) is 15.2 Å². The summed E-state index contributed by atoms with van der Waals surface area (Å²) in [6.45, 7) is 10.9. The number of H-pyrrole nitrogens is 2. The molecule has 1 saturated heterocycles. The second-order valence-corrected chi connectivity index (χ2v) is 21.3. The second-order valence-electron chi connectivity index (χ2n) is 20.2. The molecule has 0 radical (unpaired) electrons. The van der Waals surface area contributed by atoms with Crippen molar-refractivity contribution < 1.29 is 27.7 Å². The Morgan fingerprint density at radius 3 is 1.54 bits per heavy atom. The van der Waals surface area contributed by atoms with Crippen LogP contribution in [-0.2, 0) is 9.31 Å². The van der Waals surface area contributed by atoms with E-state index in [0.717, 1.165) is 68.3 Å². The van der Waals surface area contributed by atoms with Crippen LogP contribution in [0.4, 0.5) is 8.78 Å². The lowest BCUT2D eigenvalue weighted by molar-refractivity contribution is 0.00578. The molecule has 8 aromatic heterocycles. The summed E-state index contributed by atoms with van der Waals surface area (Å²) in [5, 5.41) is 8.98. The van der Waals surface area contributed by atoms with Crippen molar-refractivity contribution in [1.29, 1.82) is 0 Å². The van der Waals surface area contributed by atoms with Gasteiger partial charge >= 0.3 is 7.12 Å². The highest BCUT2D eigenvalue weighted by molar-refractivity contribution is 14.1. The molecule has 2 aromatic carbocycles. The summed E-state index contributed by atoms with van der Waals surface area (Å²) in [6.07, 6.45) is 12.8. The van der Waals surface area contributed by atoms with Crippen LogP contribution in [0.2, 0.25) is 0 Å². The first-order valence-corrected chi connectivity index (χ1v) is 26.3. The number of aromatic nitrogens is 8. The average molecular weight is 1160 g/mol. The van der Waals surface area contributed by atoms with Gasteiger partial charge in [0, 0.05) is 100 Å². The molecule has 4 N–H and O–H groups in total. The smallest absolute Gasteiger partial charge is 0.399 e. The van der Waals surface area contributed by atoms with Gasteiger partial charge in [0.1, 0.15) is 17.1 Å². The normalized spacial score (nSPS) is 13.7. The first-order chi connectivity index (χ1) is 37.4. The molecule has 1 aliphatic heterocycles. The Hall–Kier alpha value is -7.63. The zero-order chi connectivity index (χ0) is 55.3. The van der Waals surface area contributed by atoms with Crippen molar-refractivity contribution in [1.82, 2.24) is 60.3 Å². The van der Waals surface area contributed by atoms with Crippen LogP contribution >= 0.6 is 22.6 Å². The minimum absolute atomic E-state index is 0.0627. The molecule has 10 aromatic rings. The summed E-state index contributed by atoms with van der Waals surface area (Å²) >= 11 is 2.01. The van der Waals surface area contributed by atoms with Crippen molar-refractivity contribution in [3.8, 4) is 33.6 Å². The van der Waals surface area contributed by atoms with Crippen molar-refractivity contribution in [3.63, 3.8) is 0 Å². The quantitative estimate of drug-likeness (QED) is 0.0670. The Kier molecular flexibility index (Phi) is 16.6. The standard InChI is InChI=1S/C26H23FN6O.C17H27BN2O3.C15H8FIN4/c1-33(2)11-10-29-26(34)17-7-5-16(6-8-17)23-20(27)14-31-25-24(23)19-12-21(30-15-22(19)32-25)18-4-3-9-28-13-18;1-16(2)17(3,4)23-18(22-16)14-9-7-13(8-10-14)15(21)19-11-12-20(5)6;16-10-6-20-15-13(14(10)17)9-4-11(19-7-12(9)21-15)8-2-1-3-18-5-8/h3-9,12-15H,10-11H2,1-2H3,(H,29,34)(H,31,32);7-10H,11-12H2,1-6H3,(H,19,21);1-7H,(H,20,21). The molecule has 0 spiro atoms. The van der Waals surface area contributed by atoms with E-state index in [1.807, 2.05) is 149 Å². The van der Waals surface area contributed by atoms with Crippen LogP contribution in [-0.4, -0.2) is 134 Å². The molecule has 2 amide bonds. The predicted molar refractivity (Wildman–Crippen MR) is 311 cm³/mol. The molecule has 398 valence electrons. The lowest BCUT2D eigenvalue weighted by atomic mass is 9.79. The van der Waals surface area contributed by atoms with Gasteiger partial charge in [-0.3, -0.25) is 29.5 Å². The van der Waals surface area contributed by atoms with Crippen LogP contribution in [0.5, 0.6) is 0 Å². The number of amides is 2. The summed E-state index contributed by atoms with van der Waals surface area (Å²) in [6, 6.07) is 25.8. The Labute approximate surface area is 464 Å². The third-order valence-corrected chi connectivity index (χ3v) is 14.7. The number of fused-ring (bicyclic) bond motifs is 6. The molecule has 1 aliphatic rings. The van der Waals surface area contributed by atoms with E-state index in [1.54, 1.807) is 61.4 Å². The topological polar surface area (TPSA) is 192 Å². The predicted octanol–water partition coefficient (Wildman–Crippen LogP) is 9.46. The van der Waals surface area contributed by atoms with E-state index in [-0.39, 0.29) is 28.8 Å². The zero-order valence-corrected chi connectivity index (χ0v) is 46.6. The van der Waals surface area contributed by atoms with E-state index in [9.17, 15) is 14.0 Å². The van der Waals surface area contributed by atoms with E-state index in [0.29, 0.717) is 55.6 Å². The van der Waals surface area contributed by atoms with Crippen molar-refractivity contribution in [2.24, 2.45) is 0 Å². The first kappa shape index (κ1) is 55.1. The van der Waals surface area contributed by atoms with Gasteiger partial charge < -0.3 is 39.7 Å². The zero-order valence-electron chi connectivity index (χ0n) is 44.5. The van der Waals surface area contributed by atoms with E-state index in [1.165, 1.54) is 12.4 Å². The number of likely N-dealkylation sites (N-methyl/N-ethyl adjacent to an activating group) is 2. The van der Waals surface area contributed by atoms with Gasteiger partial charge in [-0.15, -0.1) is 0 Å². The molecule has 11 rings (SSSR count). The van der Waals surface area contributed by atoms with Crippen molar-refractivity contribution >= 4 is 90.9 Å². The minimum Gasteiger partial charge on any atom is -0.399 e. The van der Waals surface area contributed by atoms with Gasteiger partial charge in [-0.2, -0.15) is 0 Å². The number of halogens is 3. The van der Waals surface area contributed by atoms with Crippen LogP contribution in [0.1, 0.15) is 48.4 Å². The fourth-order valence-electron chi connectivity index (χ4n) is 8.61. The summed E-state index contributed by atoms with van der Waals surface area (Å²) in [5.74, 6) is -0.972. The fourth-order valence-corrected chi connectivity index (χ4v) is 9.29. The second kappa shape index (κ2) is 23.5. The number of nitrogens with one attached hydrogen (secondary N) is 4. The van der Waals surface area contributed by atoms with Gasteiger partial charge in [-0.1, -0.05) is 24.3 Å². The summed E-state index contributed by atoms with van der Waals surface area (Å²) in [4.78, 5) is 60.5. The van der Waals surface area contributed by atoms with Crippen LogP contribution in [0.25, 0.3) is 77.5 Å². The van der Waals surface area contributed by atoms with Crippen molar-refractivity contribution in [2.75, 3.05) is 54.4 Å². The lowest BCUT2D eigenvalue weighted by Crippen LogP contribution is -2.41. The molecule has 9 heterocycles. The molecule has 0 aliphatic carbocycles. The van der Waals surface area contributed by atoms with E-state index >= 15 is 4.39 Å². The number of carbonyl (C=O) groups excluding carboxylic acids is 2. The molecular weight excluding hydrogens is 1100 g/mol. The third kappa shape index (κ3) is 12.2. The van der Waals surface area contributed by atoms with Gasteiger partial charge in [0.15, 0.2) is 5.82 Å². The molecule has 0 unspecified atom stereocenters. The van der Waals surface area contributed by atoms with Crippen LogP contribution in [0.15, 0.2) is 135 Å². The van der Waals surface area contributed by atoms with Crippen molar-refractivity contribution in [3.05, 3.63) is 161 Å². The van der Waals surface area contributed by atoms with Crippen LogP contribution < -0.4 is 16.1 Å². The van der Waals surface area contributed by atoms with Crippen LogP contribution in [0.3, 0.4) is 0 Å². The highest BCUT2D eigenvalue weighted by Crippen LogP contribution is 2.38. The Balaban J connectivity index is 0.000000148. The van der Waals surface area contributed by atoms with Gasteiger partial charge in [0.25, 0.3) is 11.8 Å². The maximum atomic E-state index is 15.1. The molecular formula is C58H58BF2IN12O4. The highest BCUT2D eigenvalue weighted by atomic mass is 127. The van der Waals surface area contributed by atoms with Gasteiger partial charge in [-0.05, 0) is 150 Å².